The Balaban J connectivity index is 2.75. The smallest absolute Gasteiger partial charge is 0.335 e. The van der Waals surface area contributed by atoms with Gasteiger partial charge in [0.15, 0.2) is 0 Å². The molecule has 1 aromatic carbocycles. The number of benzene rings is 1. The van der Waals surface area contributed by atoms with Gasteiger partial charge in [0.2, 0.25) is 0 Å². The Labute approximate surface area is 128 Å². The van der Waals surface area contributed by atoms with Crippen molar-refractivity contribution in [1.29, 1.82) is 0 Å². The predicted molar refractivity (Wildman–Crippen MR) is 77.7 cm³/mol. The van der Waals surface area contributed by atoms with Gasteiger partial charge in [-0.3, -0.25) is 0 Å². The molecule has 0 aliphatic carbocycles. The summed E-state index contributed by atoms with van der Waals surface area (Å²) in [5.41, 5.74) is -0.180. The highest BCUT2D eigenvalue weighted by Crippen LogP contribution is 2.28. The quantitative estimate of drug-likeness (QED) is 0.550. The molecular weight excluding hydrogens is 320 g/mol. The van der Waals surface area contributed by atoms with Crippen molar-refractivity contribution >= 4 is 25.7 Å². The molecule has 1 N–H and O–H groups in total. The van der Waals surface area contributed by atoms with E-state index in [4.69, 9.17) is 25.3 Å². The second kappa shape index (κ2) is 8.21. The van der Waals surface area contributed by atoms with Gasteiger partial charge in [-0.25, -0.2) is 13.2 Å². The summed E-state index contributed by atoms with van der Waals surface area (Å²) < 4.78 is 33.5. The molecule has 0 bridgehead atoms. The van der Waals surface area contributed by atoms with E-state index in [9.17, 15) is 13.2 Å². The molecule has 1 rings (SSSR count). The van der Waals surface area contributed by atoms with E-state index in [0.29, 0.717) is 13.2 Å². The van der Waals surface area contributed by atoms with Crippen molar-refractivity contribution in [2.75, 3.05) is 19.8 Å². The van der Waals surface area contributed by atoms with Crippen molar-refractivity contribution in [1.82, 2.24) is 0 Å². The zero-order valence-corrected chi connectivity index (χ0v) is 13.1. The highest BCUT2D eigenvalue weighted by atomic mass is 35.7. The first kappa shape index (κ1) is 17.7. The summed E-state index contributed by atoms with van der Waals surface area (Å²) in [4.78, 5) is 10.5. The van der Waals surface area contributed by atoms with Crippen LogP contribution in [0, 0.1) is 0 Å². The van der Waals surface area contributed by atoms with Crippen LogP contribution in [0.4, 0.5) is 0 Å². The van der Waals surface area contributed by atoms with E-state index < -0.39 is 15.0 Å². The lowest BCUT2D eigenvalue weighted by atomic mass is 10.2. The van der Waals surface area contributed by atoms with Gasteiger partial charge in [0.05, 0.1) is 12.2 Å². The molecule has 0 aliphatic heterocycles. The number of rotatable bonds is 9. The lowest BCUT2D eigenvalue weighted by molar-refractivity contribution is 0.0696. The topological polar surface area (TPSA) is 89.9 Å². The Bertz CT molecular complexity index is 584. The summed E-state index contributed by atoms with van der Waals surface area (Å²) in [7, 11) is 1.19. The van der Waals surface area contributed by atoms with E-state index in [-0.39, 0.29) is 22.8 Å². The molecule has 1 aromatic rings. The summed E-state index contributed by atoms with van der Waals surface area (Å²) in [5.74, 6) is -1.24. The second-order valence-corrected chi connectivity index (χ2v) is 6.75. The van der Waals surface area contributed by atoms with Gasteiger partial charge in [-0.15, -0.1) is 0 Å². The largest absolute Gasteiger partial charge is 0.490 e. The third-order valence-corrected chi connectivity index (χ3v) is 3.92. The van der Waals surface area contributed by atoms with Crippen LogP contribution in [0.3, 0.4) is 0 Å². The highest BCUT2D eigenvalue weighted by molar-refractivity contribution is 8.13. The zero-order chi connectivity index (χ0) is 15.9. The molecular formula is C13H17ClO6S. The molecule has 0 saturated carbocycles. The SMILES string of the molecule is CCCCOCCOc1ccc(C(=O)O)cc1S(=O)(=O)Cl. The fourth-order valence-electron chi connectivity index (χ4n) is 1.51. The first-order valence-electron chi connectivity index (χ1n) is 6.38. The monoisotopic (exact) mass is 336 g/mol. The normalized spacial score (nSPS) is 11.3. The minimum absolute atomic E-state index is 0.00842. The Hall–Kier alpha value is -1.31. The summed E-state index contributed by atoms with van der Waals surface area (Å²) in [6.07, 6.45) is 1.96. The summed E-state index contributed by atoms with van der Waals surface area (Å²) in [6.45, 7) is 3.11. The van der Waals surface area contributed by atoms with E-state index in [1.807, 2.05) is 6.92 Å². The zero-order valence-electron chi connectivity index (χ0n) is 11.5. The number of hydrogen-bond donors (Lipinski definition) is 1. The van der Waals surface area contributed by atoms with Gasteiger partial charge in [0.25, 0.3) is 9.05 Å². The van der Waals surface area contributed by atoms with Gasteiger partial charge in [-0.2, -0.15) is 0 Å². The van der Waals surface area contributed by atoms with E-state index in [1.54, 1.807) is 0 Å². The molecule has 0 fully saturated rings. The first-order chi connectivity index (χ1) is 9.86. The number of hydrogen-bond acceptors (Lipinski definition) is 5. The molecule has 0 radical (unpaired) electrons. The lowest BCUT2D eigenvalue weighted by Gasteiger charge is -2.10. The average molecular weight is 337 g/mol. The van der Waals surface area contributed by atoms with E-state index in [2.05, 4.69) is 0 Å². The number of ether oxygens (including phenoxy) is 2. The minimum Gasteiger partial charge on any atom is -0.490 e. The van der Waals surface area contributed by atoms with E-state index >= 15 is 0 Å². The second-order valence-electron chi connectivity index (χ2n) is 4.22. The number of unbranched alkanes of at least 4 members (excludes halogenated alkanes) is 1. The third kappa shape index (κ3) is 5.91. The van der Waals surface area contributed by atoms with Gasteiger partial charge in [0, 0.05) is 17.3 Å². The standard InChI is InChI=1S/C13H17ClO6S/c1-2-3-6-19-7-8-20-11-5-4-10(13(15)16)9-12(11)21(14,17)18/h4-5,9H,2-3,6-8H2,1H3,(H,15,16). The Morgan fingerprint density at radius 1 is 1.29 bits per heavy atom. The van der Waals surface area contributed by atoms with Crippen molar-refractivity contribution in [3.05, 3.63) is 23.8 Å². The Morgan fingerprint density at radius 2 is 2.00 bits per heavy atom. The molecule has 0 aromatic heterocycles. The molecule has 0 spiro atoms. The van der Waals surface area contributed by atoms with Crippen LogP contribution in [0.1, 0.15) is 30.1 Å². The van der Waals surface area contributed by atoms with Crippen LogP contribution in [0.2, 0.25) is 0 Å². The van der Waals surface area contributed by atoms with Crippen LogP contribution in [0.15, 0.2) is 23.1 Å². The molecule has 6 nitrogen and oxygen atoms in total. The van der Waals surface area contributed by atoms with Crippen molar-refractivity contribution in [2.24, 2.45) is 0 Å². The van der Waals surface area contributed by atoms with Crippen molar-refractivity contribution < 1.29 is 27.8 Å². The van der Waals surface area contributed by atoms with Crippen molar-refractivity contribution in [3.8, 4) is 5.75 Å². The van der Waals surface area contributed by atoms with Crippen LogP contribution < -0.4 is 4.74 Å². The van der Waals surface area contributed by atoms with Crippen LogP contribution >= 0.6 is 10.7 Å². The fourth-order valence-corrected chi connectivity index (χ4v) is 2.51. The van der Waals surface area contributed by atoms with Crippen molar-refractivity contribution in [2.45, 2.75) is 24.7 Å². The minimum atomic E-state index is -4.10. The maximum Gasteiger partial charge on any atom is 0.335 e. The molecule has 21 heavy (non-hydrogen) atoms. The van der Waals surface area contributed by atoms with Gasteiger partial charge in [-0.05, 0) is 24.6 Å². The summed E-state index contributed by atoms with van der Waals surface area (Å²) in [5, 5.41) is 8.86. The van der Waals surface area contributed by atoms with Gasteiger partial charge >= 0.3 is 5.97 Å². The number of carbonyl (C=O) groups is 1. The number of halogens is 1. The number of aromatic carboxylic acids is 1. The summed E-state index contributed by atoms with van der Waals surface area (Å²) in [6, 6.07) is 3.49. The molecule has 0 heterocycles. The van der Waals surface area contributed by atoms with Gasteiger partial charge in [0.1, 0.15) is 17.3 Å². The maximum absolute atomic E-state index is 11.5. The Kier molecular flexibility index (Phi) is 6.94. The predicted octanol–water partition coefficient (Wildman–Crippen LogP) is 2.51. The first-order valence-corrected chi connectivity index (χ1v) is 8.69. The van der Waals surface area contributed by atoms with Crippen molar-refractivity contribution in [3.63, 3.8) is 0 Å². The lowest BCUT2D eigenvalue weighted by Crippen LogP contribution is -2.10. The molecule has 0 saturated heterocycles. The van der Waals surface area contributed by atoms with Gasteiger partial charge < -0.3 is 14.6 Å². The molecule has 0 unspecified atom stereocenters. The van der Waals surface area contributed by atoms with Crippen LogP contribution in [-0.2, 0) is 13.8 Å². The van der Waals surface area contributed by atoms with E-state index in [1.165, 1.54) is 12.1 Å². The number of carboxylic acid groups (broad SMARTS) is 1. The van der Waals surface area contributed by atoms with Crippen LogP contribution in [0.5, 0.6) is 5.75 Å². The average Bonchev–Trinajstić information content (AvgIpc) is 2.41. The maximum atomic E-state index is 11.5. The highest BCUT2D eigenvalue weighted by Gasteiger charge is 2.19. The molecule has 0 aliphatic rings. The number of carboxylic acids is 1. The molecule has 0 amide bonds. The van der Waals surface area contributed by atoms with Gasteiger partial charge in [-0.1, -0.05) is 13.3 Å². The molecule has 0 atom stereocenters. The molecule has 8 heteroatoms. The van der Waals surface area contributed by atoms with Crippen LogP contribution in [-0.4, -0.2) is 39.3 Å². The summed E-state index contributed by atoms with van der Waals surface area (Å²) >= 11 is 0. The van der Waals surface area contributed by atoms with E-state index in [0.717, 1.165) is 18.9 Å². The Morgan fingerprint density at radius 3 is 2.57 bits per heavy atom. The van der Waals surface area contributed by atoms with Crippen LogP contribution in [0.25, 0.3) is 0 Å². The fraction of sp³-hybridized carbons (Fsp3) is 0.462. The third-order valence-electron chi connectivity index (χ3n) is 2.58. The molecule has 118 valence electrons.